The van der Waals surface area contributed by atoms with Crippen LogP contribution >= 0.6 is 0 Å². The molecular weight excluding hydrogens is 278 g/mol. The lowest BCUT2D eigenvalue weighted by Gasteiger charge is -2.13. The topological polar surface area (TPSA) is 103 Å². The van der Waals surface area contributed by atoms with Crippen molar-refractivity contribution < 1.29 is 8.42 Å². The first-order valence-corrected chi connectivity index (χ1v) is 7.49. The summed E-state index contributed by atoms with van der Waals surface area (Å²) in [6, 6.07) is 3.39. The fraction of sp³-hybridized carbons (Fsp3) is 0.333. The van der Waals surface area contributed by atoms with Gasteiger partial charge in [0.1, 0.15) is 12.2 Å². The standard InChI is InChI=1S/C12H17N5O2S/c1-8-4-5-10(13)9(2)12(8)20(18,19)15-6-11-16-14-7-17(11)3/h4-5,7,15H,6,13H2,1-3H3. The molecule has 2 aromatic rings. The van der Waals surface area contributed by atoms with E-state index in [1.54, 1.807) is 37.6 Å². The van der Waals surface area contributed by atoms with Gasteiger partial charge in [0.05, 0.1) is 11.4 Å². The maximum absolute atomic E-state index is 12.4. The molecule has 0 saturated heterocycles. The predicted molar refractivity (Wildman–Crippen MR) is 75.4 cm³/mol. The Hall–Kier alpha value is -1.93. The SMILES string of the molecule is Cc1ccc(N)c(C)c1S(=O)(=O)NCc1nncn1C. The smallest absolute Gasteiger partial charge is 0.241 e. The van der Waals surface area contributed by atoms with Crippen molar-refractivity contribution in [2.24, 2.45) is 7.05 Å². The highest BCUT2D eigenvalue weighted by Crippen LogP contribution is 2.24. The zero-order valence-corrected chi connectivity index (χ0v) is 12.4. The summed E-state index contributed by atoms with van der Waals surface area (Å²) in [6.45, 7) is 3.51. The zero-order valence-electron chi connectivity index (χ0n) is 11.6. The van der Waals surface area contributed by atoms with Gasteiger partial charge < -0.3 is 10.3 Å². The van der Waals surface area contributed by atoms with E-state index in [1.165, 1.54) is 6.33 Å². The largest absolute Gasteiger partial charge is 0.398 e. The van der Waals surface area contributed by atoms with E-state index in [4.69, 9.17) is 5.73 Å². The molecule has 0 amide bonds. The summed E-state index contributed by atoms with van der Waals surface area (Å²) in [5.74, 6) is 0.535. The molecule has 0 atom stereocenters. The Labute approximate surface area is 117 Å². The fourth-order valence-electron chi connectivity index (χ4n) is 1.95. The van der Waals surface area contributed by atoms with Crippen molar-refractivity contribution in [3.8, 4) is 0 Å². The molecule has 1 heterocycles. The number of nitrogen functional groups attached to an aromatic ring is 1. The molecule has 8 heteroatoms. The molecule has 7 nitrogen and oxygen atoms in total. The van der Waals surface area contributed by atoms with Crippen molar-refractivity contribution in [2.75, 3.05) is 5.73 Å². The lowest BCUT2D eigenvalue weighted by atomic mass is 10.1. The van der Waals surface area contributed by atoms with E-state index >= 15 is 0 Å². The van der Waals surface area contributed by atoms with Crippen LogP contribution in [-0.2, 0) is 23.6 Å². The molecule has 0 aliphatic rings. The van der Waals surface area contributed by atoms with E-state index in [0.717, 1.165) is 0 Å². The van der Waals surface area contributed by atoms with Crippen LogP contribution < -0.4 is 10.5 Å². The molecule has 0 fully saturated rings. The third-order valence-electron chi connectivity index (χ3n) is 3.14. The third kappa shape index (κ3) is 2.66. The summed E-state index contributed by atoms with van der Waals surface area (Å²) in [7, 11) is -1.90. The number of benzene rings is 1. The number of hydrogen-bond donors (Lipinski definition) is 2. The van der Waals surface area contributed by atoms with Crippen LogP contribution in [0.4, 0.5) is 5.69 Å². The van der Waals surface area contributed by atoms with Crippen molar-refractivity contribution in [1.82, 2.24) is 19.5 Å². The van der Waals surface area contributed by atoms with Gasteiger partial charge in [0.25, 0.3) is 0 Å². The molecule has 0 bridgehead atoms. The quantitative estimate of drug-likeness (QED) is 0.799. The zero-order chi connectivity index (χ0) is 14.9. The number of nitrogens with one attached hydrogen (secondary N) is 1. The van der Waals surface area contributed by atoms with Crippen LogP contribution in [-0.4, -0.2) is 23.2 Å². The van der Waals surface area contributed by atoms with Crippen LogP contribution in [0, 0.1) is 13.8 Å². The van der Waals surface area contributed by atoms with E-state index in [-0.39, 0.29) is 11.4 Å². The summed E-state index contributed by atoms with van der Waals surface area (Å²) < 4.78 is 29.0. The summed E-state index contributed by atoms with van der Waals surface area (Å²) >= 11 is 0. The number of rotatable bonds is 4. The normalized spacial score (nSPS) is 11.8. The van der Waals surface area contributed by atoms with Crippen LogP contribution in [0.15, 0.2) is 23.4 Å². The van der Waals surface area contributed by atoms with Gasteiger partial charge in [-0.25, -0.2) is 13.1 Å². The minimum atomic E-state index is -3.65. The lowest BCUT2D eigenvalue weighted by Crippen LogP contribution is -2.26. The average molecular weight is 295 g/mol. The number of hydrogen-bond acceptors (Lipinski definition) is 5. The van der Waals surface area contributed by atoms with Gasteiger partial charge in [-0.3, -0.25) is 0 Å². The molecule has 0 unspecified atom stereocenters. The van der Waals surface area contributed by atoms with Crippen LogP contribution in [0.5, 0.6) is 0 Å². The molecule has 0 radical (unpaired) electrons. The minimum Gasteiger partial charge on any atom is -0.398 e. The second kappa shape index (κ2) is 5.22. The Morgan fingerprint density at radius 3 is 2.65 bits per heavy atom. The average Bonchev–Trinajstić information content (AvgIpc) is 2.77. The van der Waals surface area contributed by atoms with Crippen molar-refractivity contribution in [3.05, 3.63) is 35.4 Å². The molecule has 0 saturated carbocycles. The van der Waals surface area contributed by atoms with E-state index in [0.29, 0.717) is 22.6 Å². The summed E-state index contributed by atoms with van der Waals surface area (Å²) in [4.78, 5) is 0.222. The fourth-order valence-corrected chi connectivity index (χ4v) is 3.43. The number of sulfonamides is 1. The van der Waals surface area contributed by atoms with Crippen molar-refractivity contribution >= 4 is 15.7 Å². The highest BCUT2D eigenvalue weighted by molar-refractivity contribution is 7.89. The molecule has 0 aliphatic carbocycles. The first-order valence-electron chi connectivity index (χ1n) is 6.01. The van der Waals surface area contributed by atoms with E-state index < -0.39 is 10.0 Å². The van der Waals surface area contributed by atoms with Gasteiger partial charge in [0, 0.05) is 12.7 Å². The highest BCUT2D eigenvalue weighted by Gasteiger charge is 2.21. The van der Waals surface area contributed by atoms with Gasteiger partial charge in [0.2, 0.25) is 10.0 Å². The maximum Gasteiger partial charge on any atom is 0.241 e. The number of aromatic nitrogens is 3. The van der Waals surface area contributed by atoms with Crippen LogP contribution in [0.3, 0.4) is 0 Å². The van der Waals surface area contributed by atoms with Gasteiger partial charge in [-0.1, -0.05) is 6.07 Å². The highest BCUT2D eigenvalue weighted by atomic mass is 32.2. The Bertz CT molecular complexity index is 736. The molecule has 0 spiro atoms. The molecule has 2 rings (SSSR count). The number of nitrogens with two attached hydrogens (primary N) is 1. The Morgan fingerprint density at radius 2 is 2.05 bits per heavy atom. The molecule has 3 N–H and O–H groups in total. The third-order valence-corrected chi connectivity index (χ3v) is 4.83. The summed E-state index contributed by atoms with van der Waals surface area (Å²) in [5, 5.41) is 7.54. The molecule has 1 aromatic carbocycles. The second-order valence-electron chi connectivity index (χ2n) is 4.61. The summed E-state index contributed by atoms with van der Waals surface area (Å²) in [6.07, 6.45) is 1.51. The lowest BCUT2D eigenvalue weighted by molar-refractivity contribution is 0.576. The molecule has 20 heavy (non-hydrogen) atoms. The van der Waals surface area contributed by atoms with E-state index in [2.05, 4.69) is 14.9 Å². The Balaban J connectivity index is 2.32. The molecule has 0 aliphatic heterocycles. The van der Waals surface area contributed by atoms with Crippen molar-refractivity contribution in [3.63, 3.8) is 0 Å². The second-order valence-corrected chi connectivity index (χ2v) is 6.31. The maximum atomic E-state index is 12.4. The number of aryl methyl sites for hydroxylation is 2. The first-order chi connectivity index (χ1) is 9.33. The molecule has 1 aromatic heterocycles. The summed E-state index contributed by atoms with van der Waals surface area (Å²) in [5.41, 5.74) is 7.44. The van der Waals surface area contributed by atoms with E-state index in [1.807, 2.05) is 0 Å². The Kier molecular flexibility index (Phi) is 3.78. The van der Waals surface area contributed by atoms with Crippen molar-refractivity contribution in [2.45, 2.75) is 25.3 Å². The van der Waals surface area contributed by atoms with Crippen LogP contribution in [0.25, 0.3) is 0 Å². The van der Waals surface area contributed by atoms with Gasteiger partial charge in [0.15, 0.2) is 0 Å². The van der Waals surface area contributed by atoms with Gasteiger partial charge in [-0.15, -0.1) is 10.2 Å². The number of anilines is 1. The first kappa shape index (κ1) is 14.5. The number of nitrogens with zero attached hydrogens (tertiary/aromatic N) is 3. The molecule has 108 valence electrons. The minimum absolute atomic E-state index is 0.0759. The van der Waals surface area contributed by atoms with Crippen LogP contribution in [0.2, 0.25) is 0 Å². The van der Waals surface area contributed by atoms with Crippen molar-refractivity contribution in [1.29, 1.82) is 0 Å². The predicted octanol–water partition coefficient (Wildman–Crippen LogP) is 0.493. The molecular formula is C12H17N5O2S. The monoisotopic (exact) mass is 295 g/mol. The Morgan fingerprint density at radius 1 is 1.35 bits per heavy atom. The van der Waals surface area contributed by atoms with Gasteiger partial charge in [-0.2, -0.15) is 0 Å². The van der Waals surface area contributed by atoms with Gasteiger partial charge >= 0.3 is 0 Å². The van der Waals surface area contributed by atoms with Gasteiger partial charge in [-0.05, 0) is 31.0 Å². The van der Waals surface area contributed by atoms with Crippen LogP contribution in [0.1, 0.15) is 17.0 Å². The van der Waals surface area contributed by atoms with E-state index in [9.17, 15) is 8.42 Å².